The van der Waals surface area contributed by atoms with Gasteiger partial charge in [0.1, 0.15) is 0 Å². The molecule has 5 heteroatoms. The van der Waals surface area contributed by atoms with E-state index in [1.54, 1.807) is 28.3 Å². The summed E-state index contributed by atoms with van der Waals surface area (Å²) in [5, 5.41) is 8.66. The average Bonchev–Trinajstić information content (AvgIpc) is 2.82. The number of aliphatic hydroxyl groups is 1. The zero-order valence-corrected chi connectivity index (χ0v) is 11.4. The van der Waals surface area contributed by atoms with E-state index in [-0.39, 0.29) is 12.3 Å². The van der Waals surface area contributed by atoms with Crippen LogP contribution in [0.4, 0.5) is 0 Å². The largest absolute Gasteiger partial charge is 0.395 e. The molecule has 98 valence electrons. The lowest BCUT2D eigenvalue weighted by molar-refractivity contribution is 0.305. The molecule has 2 aromatic heterocycles. The Labute approximate surface area is 115 Å². The van der Waals surface area contributed by atoms with E-state index in [9.17, 15) is 4.79 Å². The molecule has 0 aliphatic rings. The van der Waals surface area contributed by atoms with Crippen LogP contribution in [0.25, 0.3) is 0 Å². The molecule has 0 bridgehead atoms. The van der Waals surface area contributed by atoms with Crippen molar-refractivity contribution >= 4 is 11.3 Å². The molecular weight excluding hydrogens is 260 g/mol. The van der Waals surface area contributed by atoms with Gasteiger partial charge in [0.25, 0.3) is 0 Å². The number of hydrogen-bond donors (Lipinski definition) is 1. The van der Waals surface area contributed by atoms with Gasteiger partial charge in [0, 0.05) is 23.7 Å². The van der Waals surface area contributed by atoms with Crippen LogP contribution < -0.4 is 5.69 Å². The van der Waals surface area contributed by atoms with Crippen LogP contribution in [0.3, 0.4) is 0 Å². The van der Waals surface area contributed by atoms with E-state index in [0.717, 1.165) is 15.3 Å². The Balaban J connectivity index is 2.14. The summed E-state index contributed by atoms with van der Waals surface area (Å²) < 4.78 is 1.59. The Kier molecular flexibility index (Phi) is 4.50. The summed E-state index contributed by atoms with van der Waals surface area (Å²) in [6.45, 7) is 2.50. The third-order valence-electron chi connectivity index (χ3n) is 2.42. The number of aromatic nitrogens is 2. The third kappa shape index (κ3) is 3.78. The molecule has 0 aromatic carbocycles. The van der Waals surface area contributed by atoms with E-state index in [1.165, 1.54) is 0 Å². The molecule has 0 saturated carbocycles. The van der Waals surface area contributed by atoms with Crippen LogP contribution >= 0.6 is 11.3 Å². The predicted molar refractivity (Wildman–Crippen MR) is 75.2 cm³/mol. The van der Waals surface area contributed by atoms with E-state index in [0.29, 0.717) is 13.0 Å². The van der Waals surface area contributed by atoms with Gasteiger partial charge in [0.2, 0.25) is 0 Å². The Morgan fingerprint density at radius 3 is 3.11 bits per heavy atom. The second-order valence-electron chi connectivity index (χ2n) is 4.08. The maximum absolute atomic E-state index is 11.6. The average molecular weight is 274 g/mol. The van der Waals surface area contributed by atoms with E-state index in [4.69, 9.17) is 5.11 Å². The number of nitrogens with zero attached hydrogens (tertiary/aromatic N) is 2. The fraction of sp³-hybridized carbons (Fsp3) is 0.286. The van der Waals surface area contributed by atoms with Gasteiger partial charge in [-0.15, -0.1) is 11.3 Å². The first-order valence-corrected chi connectivity index (χ1v) is 6.72. The zero-order chi connectivity index (χ0) is 13.7. The van der Waals surface area contributed by atoms with E-state index in [2.05, 4.69) is 16.8 Å². The highest BCUT2D eigenvalue weighted by Crippen LogP contribution is 2.16. The van der Waals surface area contributed by atoms with Gasteiger partial charge in [-0.2, -0.15) is 0 Å². The first kappa shape index (κ1) is 13.5. The van der Waals surface area contributed by atoms with Crippen LogP contribution in [0.2, 0.25) is 0 Å². The SMILES string of the molecule is Cc1cnc(=O)n(Cc2ccc(C#CCCO)s2)c1. The van der Waals surface area contributed by atoms with E-state index >= 15 is 0 Å². The fourth-order valence-corrected chi connectivity index (χ4v) is 2.46. The molecular formula is C14H14N2O2S. The fourth-order valence-electron chi connectivity index (χ4n) is 1.58. The van der Waals surface area contributed by atoms with Gasteiger partial charge in [-0.1, -0.05) is 11.8 Å². The highest BCUT2D eigenvalue weighted by atomic mass is 32.1. The molecule has 0 atom stereocenters. The Bertz CT molecular complexity index is 676. The summed E-state index contributed by atoms with van der Waals surface area (Å²) in [5.74, 6) is 5.86. The highest BCUT2D eigenvalue weighted by Gasteiger charge is 2.02. The number of rotatable bonds is 3. The van der Waals surface area contributed by atoms with Crippen LogP contribution in [0.5, 0.6) is 0 Å². The van der Waals surface area contributed by atoms with Crippen molar-refractivity contribution in [2.75, 3.05) is 6.61 Å². The maximum Gasteiger partial charge on any atom is 0.347 e. The third-order valence-corrected chi connectivity index (χ3v) is 3.41. The summed E-state index contributed by atoms with van der Waals surface area (Å²) >= 11 is 1.55. The normalized spacial score (nSPS) is 10.0. The minimum Gasteiger partial charge on any atom is -0.395 e. The molecule has 4 nitrogen and oxygen atoms in total. The molecule has 2 heterocycles. The smallest absolute Gasteiger partial charge is 0.347 e. The van der Waals surface area contributed by atoms with Crippen molar-refractivity contribution in [3.63, 3.8) is 0 Å². The van der Waals surface area contributed by atoms with Crippen molar-refractivity contribution < 1.29 is 5.11 Å². The maximum atomic E-state index is 11.6. The van der Waals surface area contributed by atoms with Gasteiger partial charge < -0.3 is 5.11 Å². The Morgan fingerprint density at radius 2 is 2.32 bits per heavy atom. The monoisotopic (exact) mass is 274 g/mol. The van der Waals surface area contributed by atoms with Crippen LogP contribution in [0, 0.1) is 18.8 Å². The topological polar surface area (TPSA) is 55.1 Å². The van der Waals surface area contributed by atoms with Crippen LogP contribution in [-0.2, 0) is 6.54 Å². The molecule has 0 aliphatic carbocycles. The van der Waals surface area contributed by atoms with Gasteiger partial charge in [0.15, 0.2) is 0 Å². The lowest BCUT2D eigenvalue weighted by atomic mass is 10.3. The molecule has 0 aliphatic heterocycles. The molecule has 19 heavy (non-hydrogen) atoms. The molecule has 0 saturated heterocycles. The number of aliphatic hydroxyl groups excluding tert-OH is 1. The second kappa shape index (κ2) is 6.32. The van der Waals surface area contributed by atoms with Crippen LogP contribution in [0.15, 0.2) is 29.3 Å². The molecule has 2 aromatic rings. The van der Waals surface area contributed by atoms with Crippen LogP contribution in [0.1, 0.15) is 21.7 Å². The summed E-state index contributed by atoms with van der Waals surface area (Å²) in [5.41, 5.74) is 0.714. The number of aryl methyl sites for hydroxylation is 1. The van der Waals surface area contributed by atoms with Crippen LogP contribution in [-0.4, -0.2) is 21.3 Å². The Hall–Kier alpha value is -1.90. The summed E-state index contributed by atoms with van der Waals surface area (Å²) in [6.07, 6.45) is 3.85. The van der Waals surface area contributed by atoms with Gasteiger partial charge in [-0.25, -0.2) is 9.78 Å². The molecule has 0 spiro atoms. The first-order valence-electron chi connectivity index (χ1n) is 5.90. The minimum absolute atomic E-state index is 0.0790. The molecule has 0 fully saturated rings. The lowest BCUT2D eigenvalue weighted by Gasteiger charge is -2.02. The van der Waals surface area contributed by atoms with Gasteiger partial charge >= 0.3 is 5.69 Å². The minimum atomic E-state index is -0.244. The second-order valence-corrected chi connectivity index (χ2v) is 5.25. The van der Waals surface area contributed by atoms with E-state index in [1.807, 2.05) is 19.1 Å². The number of hydrogen-bond acceptors (Lipinski definition) is 4. The molecule has 0 amide bonds. The molecule has 2 rings (SSSR count). The van der Waals surface area contributed by atoms with Gasteiger partial charge in [-0.05, 0) is 24.6 Å². The van der Waals surface area contributed by atoms with E-state index < -0.39 is 0 Å². The quantitative estimate of drug-likeness (QED) is 0.861. The van der Waals surface area contributed by atoms with Crippen molar-refractivity contribution in [2.45, 2.75) is 19.9 Å². The number of thiophene rings is 1. The van der Waals surface area contributed by atoms with Crippen molar-refractivity contribution in [1.82, 2.24) is 9.55 Å². The Morgan fingerprint density at radius 1 is 1.47 bits per heavy atom. The molecule has 0 radical (unpaired) electrons. The zero-order valence-electron chi connectivity index (χ0n) is 10.6. The molecule has 0 unspecified atom stereocenters. The predicted octanol–water partition coefficient (Wildman–Crippen LogP) is 1.40. The highest BCUT2D eigenvalue weighted by molar-refractivity contribution is 7.12. The van der Waals surface area contributed by atoms with Gasteiger partial charge in [-0.3, -0.25) is 4.57 Å². The van der Waals surface area contributed by atoms with Crippen molar-refractivity contribution in [3.05, 3.63) is 50.3 Å². The summed E-state index contributed by atoms with van der Waals surface area (Å²) in [6, 6.07) is 3.89. The summed E-state index contributed by atoms with van der Waals surface area (Å²) in [7, 11) is 0. The van der Waals surface area contributed by atoms with Crippen molar-refractivity contribution in [3.8, 4) is 11.8 Å². The lowest BCUT2D eigenvalue weighted by Crippen LogP contribution is -2.22. The first-order chi connectivity index (χ1) is 9.19. The van der Waals surface area contributed by atoms with Crippen molar-refractivity contribution in [2.24, 2.45) is 0 Å². The summed E-state index contributed by atoms with van der Waals surface area (Å²) in [4.78, 5) is 17.4. The van der Waals surface area contributed by atoms with Gasteiger partial charge in [0.05, 0.1) is 18.0 Å². The van der Waals surface area contributed by atoms with Crippen molar-refractivity contribution in [1.29, 1.82) is 0 Å². The standard InChI is InChI=1S/C14H14N2O2S/c1-11-8-15-14(18)16(9-11)10-13-6-5-12(19-13)4-2-3-7-17/h5-6,8-9,17H,3,7,10H2,1H3. The molecule has 1 N–H and O–H groups in total.